The Labute approximate surface area is 203 Å². The Bertz CT molecular complexity index is 1250. The van der Waals surface area contributed by atoms with Crippen LogP contribution in [0.3, 0.4) is 0 Å². The van der Waals surface area contributed by atoms with Crippen LogP contribution < -0.4 is 16.0 Å². The van der Waals surface area contributed by atoms with E-state index in [-0.39, 0.29) is 31.2 Å². The maximum Gasteiger partial charge on any atom is 0.412 e. The smallest absolute Gasteiger partial charge is 0.412 e. The second-order valence-corrected chi connectivity index (χ2v) is 8.82. The molecule has 0 saturated heterocycles. The number of carbonyl (C=O) groups excluding carboxylic acids is 4. The molecule has 1 aromatic heterocycles. The molecular formula is C26H28N4O5. The van der Waals surface area contributed by atoms with E-state index in [0.29, 0.717) is 34.4 Å². The fourth-order valence-corrected chi connectivity index (χ4v) is 3.18. The Kier molecular flexibility index (Phi) is 8.14. The van der Waals surface area contributed by atoms with Crippen molar-refractivity contribution in [3.05, 3.63) is 65.9 Å². The topological polar surface area (TPSA) is 126 Å². The first kappa shape index (κ1) is 25.4. The number of fused-ring (bicyclic) bond motifs is 1. The summed E-state index contributed by atoms with van der Waals surface area (Å²) in [6.45, 7) is 5.55. The Balaban J connectivity index is 1.69. The van der Waals surface area contributed by atoms with E-state index < -0.39 is 11.7 Å². The number of nitrogens with zero attached hydrogens (tertiary/aromatic N) is 1. The standard InChI is InChI=1S/C26H28N4O5/c1-26(2,3)35-25(34)30-22-8-5-4-7-21(22)29-24(33)18-11-13-20-17(15-18)10-12-19(28-20)16-27-23(32)9-6-14-31/h4-5,7-8,10-15H,6,9,16H2,1-3H3,(H,27,32)(H,29,33)(H,30,34). The fourth-order valence-electron chi connectivity index (χ4n) is 3.18. The van der Waals surface area contributed by atoms with Crippen LogP contribution in [0.25, 0.3) is 10.9 Å². The van der Waals surface area contributed by atoms with Crippen molar-refractivity contribution in [2.45, 2.75) is 45.8 Å². The molecule has 0 radical (unpaired) electrons. The van der Waals surface area contributed by atoms with Crippen LogP contribution in [-0.2, 0) is 20.9 Å². The minimum absolute atomic E-state index is 0.145. The monoisotopic (exact) mass is 476 g/mol. The largest absolute Gasteiger partial charge is 0.444 e. The molecule has 0 saturated carbocycles. The van der Waals surface area contributed by atoms with Crippen LogP contribution in [0.15, 0.2) is 54.6 Å². The van der Waals surface area contributed by atoms with Gasteiger partial charge in [0, 0.05) is 23.8 Å². The van der Waals surface area contributed by atoms with Gasteiger partial charge in [-0.1, -0.05) is 18.2 Å². The summed E-state index contributed by atoms with van der Waals surface area (Å²) in [4.78, 5) is 51.6. The highest BCUT2D eigenvalue weighted by Crippen LogP contribution is 2.23. The summed E-state index contributed by atoms with van der Waals surface area (Å²) < 4.78 is 5.28. The first-order valence-corrected chi connectivity index (χ1v) is 11.1. The van der Waals surface area contributed by atoms with Gasteiger partial charge in [-0.3, -0.25) is 19.9 Å². The molecule has 0 atom stereocenters. The summed E-state index contributed by atoms with van der Waals surface area (Å²) >= 11 is 0. The van der Waals surface area contributed by atoms with Crippen LogP contribution in [0.2, 0.25) is 0 Å². The maximum atomic E-state index is 12.9. The van der Waals surface area contributed by atoms with Crippen molar-refractivity contribution in [3.63, 3.8) is 0 Å². The van der Waals surface area contributed by atoms with Crippen molar-refractivity contribution in [3.8, 4) is 0 Å². The van der Waals surface area contributed by atoms with Gasteiger partial charge in [-0.2, -0.15) is 0 Å². The third-order valence-corrected chi connectivity index (χ3v) is 4.78. The summed E-state index contributed by atoms with van der Waals surface area (Å²) in [5.41, 5.74) is 1.95. The number of pyridine rings is 1. The van der Waals surface area contributed by atoms with Gasteiger partial charge in [0.05, 0.1) is 29.1 Å². The second-order valence-electron chi connectivity index (χ2n) is 8.82. The minimum atomic E-state index is -0.650. The maximum absolute atomic E-state index is 12.9. The van der Waals surface area contributed by atoms with E-state index >= 15 is 0 Å². The molecular weight excluding hydrogens is 448 g/mol. The summed E-state index contributed by atoms with van der Waals surface area (Å²) in [5.74, 6) is -0.565. The average Bonchev–Trinajstić information content (AvgIpc) is 2.81. The molecule has 3 N–H and O–H groups in total. The molecule has 9 heteroatoms. The van der Waals surface area contributed by atoms with Gasteiger partial charge >= 0.3 is 6.09 Å². The SMILES string of the molecule is CC(C)(C)OC(=O)Nc1ccccc1NC(=O)c1ccc2nc(CNC(=O)CCC=O)ccc2c1. The van der Waals surface area contributed by atoms with Crippen LogP contribution in [0.5, 0.6) is 0 Å². The highest BCUT2D eigenvalue weighted by atomic mass is 16.6. The molecule has 0 bridgehead atoms. The number of hydrogen-bond acceptors (Lipinski definition) is 6. The van der Waals surface area contributed by atoms with Crippen molar-refractivity contribution in [1.82, 2.24) is 10.3 Å². The zero-order valence-corrected chi connectivity index (χ0v) is 19.9. The molecule has 3 rings (SSSR count). The van der Waals surface area contributed by atoms with Crippen molar-refractivity contribution in [2.24, 2.45) is 0 Å². The van der Waals surface area contributed by atoms with Crippen LogP contribution >= 0.6 is 0 Å². The molecule has 9 nitrogen and oxygen atoms in total. The Morgan fingerprint density at radius 3 is 2.37 bits per heavy atom. The average molecular weight is 477 g/mol. The van der Waals surface area contributed by atoms with Crippen molar-refractivity contribution in [1.29, 1.82) is 0 Å². The number of aromatic nitrogens is 1. The van der Waals surface area contributed by atoms with Crippen molar-refractivity contribution >= 4 is 46.5 Å². The Morgan fingerprint density at radius 1 is 0.971 bits per heavy atom. The van der Waals surface area contributed by atoms with Gasteiger partial charge in [-0.25, -0.2) is 4.79 Å². The number of anilines is 2. The fraction of sp³-hybridized carbons (Fsp3) is 0.269. The van der Waals surface area contributed by atoms with Gasteiger partial charge < -0.3 is 20.2 Å². The number of rotatable bonds is 8. The van der Waals surface area contributed by atoms with Crippen LogP contribution in [-0.4, -0.2) is 34.8 Å². The normalized spacial score (nSPS) is 10.9. The van der Waals surface area contributed by atoms with E-state index in [1.54, 1.807) is 69.3 Å². The number of hydrogen-bond donors (Lipinski definition) is 3. The number of amides is 3. The summed E-state index contributed by atoms with van der Waals surface area (Å²) in [6, 6.07) is 15.5. The van der Waals surface area contributed by atoms with Gasteiger partial charge in [-0.05, 0) is 57.2 Å². The van der Waals surface area contributed by atoms with Crippen LogP contribution in [0.4, 0.5) is 16.2 Å². The number of para-hydroxylation sites is 2. The first-order chi connectivity index (χ1) is 16.6. The summed E-state index contributed by atoms with van der Waals surface area (Å²) in [6.07, 6.45) is 0.416. The molecule has 0 unspecified atom stereocenters. The Hall–Kier alpha value is -4.27. The lowest BCUT2D eigenvalue weighted by molar-refractivity contribution is -0.122. The number of nitrogens with one attached hydrogen (secondary N) is 3. The molecule has 0 fully saturated rings. The number of carbonyl (C=O) groups is 4. The van der Waals surface area contributed by atoms with Crippen LogP contribution in [0, 0.1) is 0 Å². The lowest BCUT2D eigenvalue weighted by atomic mass is 10.1. The first-order valence-electron chi connectivity index (χ1n) is 11.1. The van der Waals surface area contributed by atoms with Gasteiger partial charge in [0.1, 0.15) is 11.9 Å². The number of ether oxygens (including phenoxy) is 1. The molecule has 0 aliphatic carbocycles. The molecule has 1 heterocycles. The predicted molar refractivity (Wildman–Crippen MR) is 133 cm³/mol. The van der Waals surface area contributed by atoms with Crippen molar-refractivity contribution in [2.75, 3.05) is 10.6 Å². The van der Waals surface area contributed by atoms with Gasteiger partial charge in [0.15, 0.2) is 0 Å². The van der Waals surface area contributed by atoms with Gasteiger partial charge in [0.25, 0.3) is 5.91 Å². The molecule has 2 aromatic carbocycles. The summed E-state index contributed by atoms with van der Waals surface area (Å²) in [5, 5.41) is 8.96. The molecule has 3 amide bonds. The quantitative estimate of drug-likeness (QED) is 0.413. The molecule has 0 aliphatic heterocycles. The predicted octanol–water partition coefficient (Wildman–Crippen LogP) is 4.43. The van der Waals surface area contributed by atoms with E-state index in [9.17, 15) is 19.2 Å². The van der Waals surface area contributed by atoms with Gasteiger partial charge in [0.2, 0.25) is 5.91 Å². The third kappa shape index (κ3) is 7.63. The molecule has 182 valence electrons. The minimum Gasteiger partial charge on any atom is -0.444 e. The number of aldehydes is 1. The number of benzene rings is 2. The van der Waals surface area contributed by atoms with E-state index in [1.807, 2.05) is 6.07 Å². The third-order valence-electron chi connectivity index (χ3n) is 4.78. The zero-order valence-electron chi connectivity index (χ0n) is 19.9. The zero-order chi connectivity index (χ0) is 25.4. The lowest BCUT2D eigenvalue weighted by Gasteiger charge is -2.20. The van der Waals surface area contributed by atoms with Crippen LogP contribution in [0.1, 0.15) is 49.7 Å². The molecule has 35 heavy (non-hydrogen) atoms. The van der Waals surface area contributed by atoms with E-state index in [1.165, 1.54) is 0 Å². The molecule has 0 spiro atoms. The Morgan fingerprint density at radius 2 is 1.69 bits per heavy atom. The van der Waals surface area contributed by atoms with E-state index in [0.717, 1.165) is 5.39 Å². The van der Waals surface area contributed by atoms with Crippen molar-refractivity contribution < 1.29 is 23.9 Å². The highest BCUT2D eigenvalue weighted by Gasteiger charge is 2.18. The highest BCUT2D eigenvalue weighted by molar-refractivity contribution is 6.08. The molecule has 3 aromatic rings. The van der Waals surface area contributed by atoms with E-state index in [2.05, 4.69) is 20.9 Å². The van der Waals surface area contributed by atoms with Gasteiger partial charge in [-0.15, -0.1) is 0 Å². The second kappa shape index (κ2) is 11.2. The summed E-state index contributed by atoms with van der Waals surface area (Å²) in [7, 11) is 0. The van der Waals surface area contributed by atoms with E-state index in [4.69, 9.17) is 4.74 Å². The lowest BCUT2D eigenvalue weighted by Crippen LogP contribution is -2.27. The molecule has 0 aliphatic rings.